The number of ether oxygens (including phenoxy) is 2. The molecule has 0 bridgehead atoms. The van der Waals surface area contributed by atoms with Crippen LogP contribution in [0.2, 0.25) is 5.02 Å². The highest BCUT2D eigenvalue weighted by Gasteiger charge is 2.32. The number of esters is 1. The van der Waals surface area contributed by atoms with E-state index in [4.69, 9.17) is 16.3 Å². The Morgan fingerprint density at radius 2 is 1.56 bits per heavy atom. The van der Waals surface area contributed by atoms with Crippen LogP contribution in [0.25, 0.3) is 5.69 Å². The number of halogens is 8. The van der Waals surface area contributed by atoms with Gasteiger partial charge in [-0.2, -0.15) is 0 Å². The fourth-order valence-electron chi connectivity index (χ4n) is 4.94. The molecule has 0 saturated carbocycles. The minimum absolute atomic E-state index is 0.0171. The summed E-state index contributed by atoms with van der Waals surface area (Å²) in [5.74, 6) is -3.62. The van der Waals surface area contributed by atoms with E-state index in [1.165, 1.54) is 37.4 Å². The minimum atomic E-state index is -4.83. The third kappa shape index (κ3) is 11.1. The summed E-state index contributed by atoms with van der Waals surface area (Å²) in [6.45, 7) is 5.43. The van der Waals surface area contributed by atoms with Crippen molar-refractivity contribution in [2.75, 3.05) is 34.8 Å². The van der Waals surface area contributed by atoms with Gasteiger partial charge in [0.05, 0.1) is 57.4 Å². The maximum absolute atomic E-state index is 15.1. The van der Waals surface area contributed by atoms with Gasteiger partial charge in [-0.25, -0.2) is 22.5 Å². The van der Waals surface area contributed by atoms with Crippen molar-refractivity contribution < 1.29 is 49.5 Å². The van der Waals surface area contributed by atoms with E-state index in [0.717, 1.165) is 34.8 Å². The fraction of sp³-hybridized carbons (Fsp3) is 0.371. The second-order valence-corrected chi connectivity index (χ2v) is 14.2. The Balaban J connectivity index is 0.000000753. The number of aromatic nitrogens is 2. The largest absolute Gasteiger partial charge is 0.575 e. The van der Waals surface area contributed by atoms with Crippen LogP contribution in [-0.4, -0.2) is 61.2 Å². The molecule has 0 aliphatic heterocycles. The number of carbonyl (C=O) groups excluding carboxylic acids is 1. The second kappa shape index (κ2) is 16.5. The molecule has 0 aliphatic carbocycles. The Morgan fingerprint density at radius 3 is 2.08 bits per heavy atom. The molecular formula is C35H38ClF7N3O3S+. The van der Waals surface area contributed by atoms with Crippen LogP contribution in [0, 0.1) is 23.3 Å². The summed E-state index contributed by atoms with van der Waals surface area (Å²) in [5, 5.41) is 0.419. The molecule has 0 unspecified atom stereocenters. The van der Waals surface area contributed by atoms with Crippen LogP contribution < -0.4 is 4.74 Å². The summed E-state index contributed by atoms with van der Waals surface area (Å²) < 4.78 is 102. The van der Waals surface area contributed by atoms with Crippen LogP contribution in [0.4, 0.5) is 30.7 Å². The molecule has 50 heavy (non-hydrogen) atoms. The monoisotopic (exact) mass is 748 g/mol. The minimum Gasteiger partial charge on any atom is -0.494 e. The molecule has 4 aromatic rings. The second-order valence-electron chi connectivity index (χ2n) is 12.8. The summed E-state index contributed by atoms with van der Waals surface area (Å²) in [6, 6.07) is 11.7. The molecule has 1 aromatic heterocycles. The van der Waals surface area contributed by atoms with Crippen molar-refractivity contribution in [1.29, 1.82) is 0 Å². The van der Waals surface area contributed by atoms with Crippen LogP contribution in [0.3, 0.4) is 0 Å². The van der Waals surface area contributed by atoms with Gasteiger partial charge in [-0.05, 0) is 53.9 Å². The number of methoxy groups -OCH3 is 1. The Bertz CT molecular complexity index is 1780. The lowest BCUT2D eigenvalue weighted by molar-refractivity contribution is -0.870. The zero-order chi connectivity index (χ0) is 37.6. The fourth-order valence-corrected chi connectivity index (χ4v) is 6.13. The van der Waals surface area contributed by atoms with Gasteiger partial charge in [-0.1, -0.05) is 43.3 Å². The third-order valence-electron chi connectivity index (χ3n) is 7.50. The van der Waals surface area contributed by atoms with Crippen molar-refractivity contribution >= 4 is 29.3 Å². The molecule has 0 radical (unpaired) electrons. The lowest BCUT2D eigenvalue weighted by Gasteiger charge is -2.28. The molecule has 0 saturated heterocycles. The normalized spacial score (nSPS) is 12.0. The number of aryl methyl sites for hydroxylation is 1. The molecule has 272 valence electrons. The van der Waals surface area contributed by atoms with Gasteiger partial charge in [-0.3, -0.25) is 9.36 Å². The van der Waals surface area contributed by atoms with E-state index in [0.29, 0.717) is 35.4 Å². The van der Waals surface area contributed by atoms with Gasteiger partial charge in [0.25, 0.3) is 0 Å². The topological polar surface area (TPSA) is 53.4 Å². The van der Waals surface area contributed by atoms with Gasteiger partial charge < -0.3 is 14.0 Å². The molecule has 0 spiro atoms. The van der Waals surface area contributed by atoms with E-state index in [9.17, 15) is 26.7 Å². The molecule has 3 aromatic carbocycles. The average Bonchev–Trinajstić information content (AvgIpc) is 3.41. The number of benzene rings is 3. The van der Waals surface area contributed by atoms with Crippen molar-refractivity contribution in [2.45, 2.75) is 56.3 Å². The summed E-state index contributed by atoms with van der Waals surface area (Å²) in [7, 11) is 7.60. The molecule has 0 atom stereocenters. The molecule has 0 aliphatic rings. The Kier molecular flexibility index (Phi) is 13.4. The lowest BCUT2D eigenvalue weighted by Crippen LogP contribution is -2.35. The first-order valence-corrected chi connectivity index (χ1v) is 16.5. The van der Waals surface area contributed by atoms with Crippen LogP contribution in [0.15, 0.2) is 59.9 Å². The van der Waals surface area contributed by atoms with E-state index in [1.54, 1.807) is 29.0 Å². The highest BCUT2D eigenvalue weighted by molar-refractivity contribution is 7.98. The standard InChI is InChI=1S/C32H35ClF4N3OS.C3H3F3O2/c1-32(2,21-9-11-25(34)24(33)16-21)30-18-38-31(39(30)22-10-12-26(35)29(17-22)41-6)42-19-23-27(36)14-20(15-28(23)37)8-7-13-40(3,4)5;1-2(7)8-3(4,5)6/h9-12,14-18H,7-8,13,19H2,1-6H3;1H3/q+1;. The molecule has 0 N–H and O–H groups in total. The van der Waals surface area contributed by atoms with Crippen molar-refractivity contribution in [3.05, 3.63) is 105 Å². The summed E-state index contributed by atoms with van der Waals surface area (Å²) in [5.41, 5.74) is 1.77. The molecule has 1 heterocycles. The number of alkyl halides is 3. The Labute approximate surface area is 295 Å². The van der Waals surface area contributed by atoms with Gasteiger partial charge in [0.2, 0.25) is 0 Å². The molecule has 0 fully saturated rings. The van der Waals surface area contributed by atoms with Crippen molar-refractivity contribution in [3.8, 4) is 11.4 Å². The van der Waals surface area contributed by atoms with Crippen molar-refractivity contribution in [3.63, 3.8) is 0 Å². The zero-order valence-corrected chi connectivity index (χ0v) is 30.1. The van der Waals surface area contributed by atoms with Crippen LogP contribution in [-0.2, 0) is 27.1 Å². The van der Waals surface area contributed by atoms with Crippen LogP contribution >= 0.6 is 23.4 Å². The number of carbonyl (C=O) groups is 1. The van der Waals surface area contributed by atoms with Gasteiger partial charge in [-0.15, -0.1) is 13.2 Å². The van der Waals surface area contributed by atoms with Gasteiger partial charge in [0.1, 0.15) is 17.5 Å². The molecule has 15 heteroatoms. The average molecular weight is 749 g/mol. The van der Waals surface area contributed by atoms with Crippen molar-refractivity contribution in [1.82, 2.24) is 9.55 Å². The number of quaternary nitrogens is 1. The number of imidazole rings is 1. The maximum atomic E-state index is 15.1. The Morgan fingerprint density at radius 1 is 0.940 bits per heavy atom. The lowest BCUT2D eigenvalue weighted by atomic mass is 9.81. The molecule has 4 rings (SSSR count). The van der Waals surface area contributed by atoms with Crippen molar-refractivity contribution in [2.24, 2.45) is 0 Å². The zero-order valence-electron chi connectivity index (χ0n) is 28.5. The first-order chi connectivity index (χ1) is 23.1. The van der Waals surface area contributed by atoms with E-state index in [2.05, 4.69) is 30.9 Å². The SMILES string of the molecule is CC(=O)OC(F)(F)F.COc1cc(-n2c(C(C)(C)c3ccc(F)c(Cl)c3)cnc2SCc2c(F)cc(CCC[N+](C)(C)C)cc2F)ccc1F. The highest BCUT2D eigenvalue weighted by atomic mass is 35.5. The summed E-state index contributed by atoms with van der Waals surface area (Å²) in [4.78, 5) is 14.1. The van der Waals surface area contributed by atoms with E-state index in [-0.39, 0.29) is 22.1 Å². The molecular weight excluding hydrogens is 711 g/mol. The highest BCUT2D eigenvalue weighted by Crippen LogP contribution is 2.39. The summed E-state index contributed by atoms with van der Waals surface area (Å²) in [6.07, 6.45) is -1.78. The number of hydrogen-bond donors (Lipinski definition) is 0. The van der Waals surface area contributed by atoms with Crippen LogP contribution in [0.5, 0.6) is 5.75 Å². The van der Waals surface area contributed by atoms with Crippen LogP contribution in [0.1, 0.15) is 49.6 Å². The summed E-state index contributed by atoms with van der Waals surface area (Å²) >= 11 is 7.26. The van der Waals surface area contributed by atoms with E-state index >= 15 is 8.78 Å². The Hall–Kier alpha value is -3.75. The van der Waals surface area contributed by atoms with Gasteiger partial charge in [0, 0.05) is 36.1 Å². The van der Waals surface area contributed by atoms with E-state index < -0.39 is 41.0 Å². The maximum Gasteiger partial charge on any atom is 0.575 e. The number of rotatable bonds is 11. The number of thioether (sulfide) groups is 1. The predicted octanol–water partition coefficient (Wildman–Crippen LogP) is 9.42. The van der Waals surface area contributed by atoms with Gasteiger partial charge in [0.15, 0.2) is 16.7 Å². The predicted molar refractivity (Wildman–Crippen MR) is 179 cm³/mol. The first kappa shape index (κ1) is 40.7. The molecule has 6 nitrogen and oxygen atoms in total. The first-order valence-electron chi connectivity index (χ1n) is 15.2. The number of nitrogens with zero attached hydrogens (tertiary/aromatic N) is 3. The number of hydrogen-bond acceptors (Lipinski definition) is 5. The third-order valence-corrected chi connectivity index (χ3v) is 8.77. The van der Waals surface area contributed by atoms with E-state index in [1.807, 2.05) is 13.8 Å². The quantitative estimate of drug-likeness (QED) is 0.0663. The smallest absolute Gasteiger partial charge is 0.494 e. The van der Waals surface area contributed by atoms with Gasteiger partial charge >= 0.3 is 12.3 Å². The molecule has 0 amide bonds.